The second-order valence-electron chi connectivity index (χ2n) is 6.34. The topological polar surface area (TPSA) is 55.4 Å². The number of rotatable bonds is 6. The molecule has 3 rings (SSSR count). The number of halogens is 2. The summed E-state index contributed by atoms with van der Waals surface area (Å²) >= 11 is 13.2. The molecule has 0 atom stereocenters. The molecule has 0 unspecified atom stereocenters. The van der Waals surface area contributed by atoms with Crippen LogP contribution in [-0.4, -0.2) is 18.5 Å². The number of ether oxygens (including phenoxy) is 1. The number of amides is 1. The summed E-state index contributed by atoms with van der Waals surface area (Å²) in [5.41, 5.74) is 2.74. The highest BCUT2D eigenvalue weighted by molar-refractivity contribution is 7.17. The van der Waals surface area contributed by atoms with Gasteiger partial charge in [0.2, 0.25) is 5.91 Å². The molecular weight excluding hydrogens is 441 g/mol. The number of benzene rings is 2. The minimum absolute atomic E-state index is 0.234. The van der Waals surface area contributed by atoms with Gasteiger partial charge in [-0.15, -0.1) is 11.3 Å². The second-order valence-corrected chi connectivity index (χ2v) is 8.44. The molecule has 0 bridgehead atoms. The van der Waals surface area contributed by atoms with E-state index in [1.807, 2.05) is 31.2 Å². The molecule has 7 heteroatoms. The van der Waals surface area contributed by atoms with Crippen molar-refractivity contribution >= 4 is 57.5 Å². The fraction of sp³-hybridized carbons (Fsp3) is 0.130. The molecule has 1 N–H and O–H groups in total. The maximum Gasteiger partial charge on any atom is 0.341 e. The summed E-state index contributed by atoms with van der Waals surface area (Å²) in [6, 6.07) is 14.3. The van der Waals surface area contributed by atoms with E-state index in [0.29, 0.717) is 20.6 Å². The molecule has 30 heavy (non-hydrogen) atoms. The van der Waals surface area contributed by atoms with Gasteiger partial charge in [0.15, 0.2) is 0 Å². The number of esters is 1. The number of anilines is 1. The van der Waals surface area contributed by atoms with Crippen LogP contribution in [0.3, 0.4) is 0 Å². The monoisotopic (exact) mass is 459 g/mol. The summed E-state index contributed by atoms with van der Waals surface area (Å²) in [5.74, 6) is -0.830. The predicted octanol–water partition coefficient (Wildman–Crippen LogP) is 6.86. The molecule has 0 aliphatic heterocycles. The van der Waals surface area contributed by atoms with Crippen LogP contribution in [0.15, 0.2) is 54.6 Å². The molecular formula is C23H19Cl2NO3S. The van der Waals surface area contributed by atoms with Crippen LogP contribution >= 0.6 is 34.5 Å². The first kappa shape index (κ1) is 22.1. The van der Waals surface area contributed by atoms with Crippen LogP contribution < -0.4 is 5.32 Å². The van der Waals surface area contributed by atoms with Gasteiger partial charge >= 0.3 is 5.97 Å². The van der Waals surface area contributed by atoms with Gasteiger partial charge in [-0.1, -0.05) is 47.5 Å². The summed E-state index contributed by atoms with van der Waals surface area (Å²) in [7, 11) is 0. The average molecular weight is 460 g/mol. The van der Waals surface area contributed by atoms with E-state index in [1.54, 1.807) is 37.3 Å². The molecule has 0 radical (unpaired) electrons. The number of hydrogen-bond donors (Lipinski definition) is 1. The fourth-order valence-electron chi connectivity index (χ4n) is 2.89. The SMILES string of the molecule is CCOC(=O)c1c(NC(=O)/C=C/c2ccc(Cl)cc2)sc(C)c1-c1ccc(Cl)cc1. The van der Waals surface area contributed by atoms with Crippen molar-refractivity contribution in [2.75, 3.05) is 11.9 Å². The van der Waals surface area contributed by atoms with Gasteiger partial charge in [-0.3, -0.25) is 4.79 Å². The minimum atomic E-state index is -0.483. The van der Waals surface area contributed by atoms with E-state index in [4.69, 9.17) is 27.9 Å². The van der Waals surface area contributed by atoms with Gasteiger partial charge < -0.3 is 10.1 Å². The zero-order chi connectivity index (χ0) is 21.7. The summed E-state index contributed by atoms with van der Waals surface area (Å²) in [6.07, 6.45) is 3.09. The number of carbonyl (C=O) groups is 2. The van der Waals surface area contributed by atoms with Crippen LogP contribution in [0.25, 0.3) is 17.2 Å². The van der Waals surface area contributed by atoms with Gasteiger partial charge in [-0.25, -0.2) is 4.79 Å². The predicted molar refractivity (Wildman–Crippen MR) is 125 cm³/mol. The Bertz CT molecular complexity index is 1090. The molecule has 0 aliphatic carbocycles. The lowest BCUT2D eigenvalue weighted by Crippen LogP contribution is -2.12. The first-order valence-corrected chi connectivity index (χ1v) is 10.8. The van der Waals surface area contributed by atoms with Crippen molar-refractivity contribution in [3.63, 3.8) is 0 Å². The van der Waals surface area contributed by atoms with Crippen LogP contribution in [0.1, 0.15) is 27.7 Å². The van der Waals surface area contributed by atoms with Crippen LogP contribution in [0, 0.1) is 6.92 Å². The Kier molecular flexibility index (Phi) is 7.32. The minimum Gasteiger partial charge on any atom is -0.462 e. The molecule has 1 aromatic heterocycles. The molecule has 0 spiro atoms. The van der Waals surface area contributed by atoms with E-state index in [1.165, 1.54) is 17.4 Å². The van der Waals surface area contributed by atoms with Gasteiger partial charge in [0, 0.05) is 26.6 Å². The first-order chi connectivity index (χ1) is 14.4. The van der Waals surface area contributed by atoms with Crippen molar-refractivity contribution in [2.24, 2.45) is 0 Å². The van der Waals surface area contributed by atoms with Gasteiger partial charge in [0.1, 0.15) is 10.6 Å². The summed E-state index contributed by atoms with van der Waals surface area (Å²) in [6.45, 7) is 3.88. The second kappa shape index (κ2) is 9.94. The summed E-state index contributed by atoms with van der Waals surface area (Å²) in [5, 5.41) is 4.49. The third-order valence-electron chi connectivity index (χ3n) is 4.23. The number of thiophene rings is 1. The molecule has 0 aliphatic rings. The highest BCUT2D eigenvalue weighted by Gasteiger charge is 2.25. The van der Waals surface area contributed by atoms with Crippen LogP contribution in [0.2, 0.25) is 10.0 Å². The summed E-state index contributed by atoms with van der Waals surface area (Å²) in [4.78, 5) is 26.1. The van der Waals surface area contributed by atoms with E-state index >= 15 is 0 Å². The van der Waals surface area contributed by atoms with E-state index in [-0.39, 0.29) is 12.5 Å². The van der Waals surface area contributed by atoms with Gasteiger partial charge in [0.05, 0.1) is 6.61 Å². The lowest BCUT2D eigenvalue weighted by Gasteiger charge is -2.08. The maximum atomic E-state index is 12.7. The Morgan fingerprint density at radius 3 is 2.23 bits per heavy atom. The van der Waals surface area contributed by atoms with Crippen molar-refractivity contribution in [2.45, 2.75) is 13.8 Å². The molecule has 3 aromatic rings. The van der Waals surface area contributed by atoms with Gasteiger partial charge in [0.25, 0.3) is 0 Å². The van der Waals surface area contributed by atoms with E-state index in [2.05, 4.69) is 5.32 Å². The zero-order valence-corrected chi connectivity index (χ0v) is 18.7. The molecule has 0 saturated carbocycles. The zero-order valence-electron chi connectivity index (χ0n) is 16.4. The largest absolute Gasteiger partial charge is 0.462 e. The molecule has 1 heterocycles. The van der Waals surface area contributed by atoms with E-state index in [9.17, 15) is 9.59 Å². The van der Waals surface area contributed by atoms with Crippen molar-refractivity contribution < 1.29 is 14.3 Å². The molecule has 154 valence electrons. The van der Waals surface area contributed by atoms with E-state index in [0.717, 1.165) is 21.6 Å². The molecule has 4 nitrogen and oxygen atoms in total. The highest BCUT2D eigenvalue weighted by Crippen LogP contribution is 2.40. The Balaban J connectivity index is 1.92. The fourth-order valence-corrected chi connectivity index (χ4v) is 4.21. The van der Waals surface area contributed by atoms with Gasteiger partial charge in [-0.05, 0) is 55.3 Å². The van der Waals surface area contributed by atoms with Crippen LogP contribution in [0.4, 0.5) is 5.00 Å². The van der Waals surface area contributed by atoms with Crippen LogP contribution in [0.5, 0.6) is 0 Å². The van der Waals surface area contributed by atoms with Crippen molar-refractivity contribution in [1.82, 2.24) is 0 Å². The van der Waals surface area contributed by atoms with Crippen molar-refractivity contribution in [1.29, 1.82) is 0 Å². The maximum absolute atomic E-state index is 12.7. The smallest absolute Gasteiger partial charge is 0.341 e. The number of aryl methyl sites for hydroxylation is 1. The highest BCUT2D eigenvalue weighted by atomic mass is 35.5. The van der Waals surface area contributed by atoms with E-state index < -0.39 is 5.97 Å². The normalized spacial score (nSPS) is 10.9. The Hall–Kier alpha value is -2.60. The Morgan fingerprint density at radius 1 is 1.03 bits per heavy atom. The number of nitrogens with one attached hydrogen (secondary N) is 1. The van der Waals surface area contributed by atoms with Crippen molar-refractivity contribution in [3.8, 4) is 11.1 Å². The van der Waals surface area contributed by atoms with Gasteiger partial charge in [-0.2, -0.15) is 0 Å². The Morgan fingerprint density at radius 2 is 1.63 bits per heavy atom. The molecule has 1 amide bonds. The standard InChI is InChI=1S/C23H19Cl2NO3S/c1-3-29-23(28)21-20(16-7-11-18(25)12-8-16)14(2)30-22(21)26-19(27)13-6-15-4-9-17(24)10-5-15/h4-13H,3H2,1-2H3,(H,26,27)/b13-6+. The quantitative estimate of drug-likeness (QED) is 0.323. The number of carbonyl (C=O) groups excluding carboxylic acids is 2. The number of hydrogen-bond acceptors (Lipinski definition) is 4. The third kappa shape index (κ3) is 5.30. The third-order valence-corrected chi connectivity index (χ3v) is 5.76. The molecule has 0 fully saturated rings. The Labute approximate surface area is 189 Å². The van der Waals surface area contributed by atoms with Crippen molar-refractivity contribution in [3.05, 3.63) is 80.7 Å². The average Bonchev–Trinajstić information content (AvgIpc) is 3.04. The molecule has 0 saturated heterocycles. The first-order valence-electron chi connectivity index (χ1n) is 9.20. The van der Waals surface area contributed by atoms with Crippen LogP contribution in [-0.2, 0) is 9.53 Å². The lowest BCUT2D eigenvalue weighted by molar-refractivity contribution is -0.111. The summed E-state index contributed by atoms with van der Waals surface area (Å²) < 4.78 is 5.25. The molecule has 2 aromatic carbocycles. The lowest BCUT2D eigenvalue weighted by atomic mass is 10.0.